The summed E-state index contributed by atoms with van der Waals surface area (Å²) < 4.78 is 33.4. The lowest BCUT2D eigenvalue weighted by Gasteiger charge is -2.40. The van der Waals surface area contributed by atoms with E-state index < -0.39 is 48.0 Å². The van der Waals surface area contributed by atoms with Crippen LogP contribution in [0.15, 0.2) is 45.6 Å². The van der Waals surface area contributed by atoms with Gasteiger partial charge in [0.05, 0.1) is 11.6 Å². The lowest BCUT2D eigenvalue weighted by Crippen LogP contribution is -2.56. The number of halogens is 3. The maximum atomic E-state index is 13.9. The van der Waals surface area contributed by atoms with E-state index in [1.165, 1.54) is 19.3 Å². The number of benzene rings is 1. The minimum atomic E-state index is -1.37. The van der Waals surface area contributed by atoms with Gasteiger partial charge in [0.15, 0.2) is 0 Å². The quantitative estimate of drug-likeness (QED) is 0.277. The van der Waals surface area contributed by atoms with Gasteiger partial charge < -0.3 is 25.9 Å². The van der Waals surface area contributed by atoms with Crippen LogP contribution in [-0.2, 0) is 4.74 Å². The maximum absolute atomic E-state index is 13.9. The second kappa shape index (κ2) is 10.6. The molecule has 0 amide bonds. The highest BCUT2D eigenvalue weighted by molar-refractivity contribution is 7.99. The molecule has 3 unspecified atom stereocenters. The summed E-state index contributed by atoms with van der Waals surface area (Å²) in [7, 11) is 0. The number of hydrazone groups is 1. The first-order chi connectivity index (χ1) is 15.2. The van der Waals surface area contributed by atoms with E-state index in [-0.39, 0.29) is 16.8 Å². The molecule has 0 spiro atoms. The molecule has 8 nitrogen and oxygen atoms in total. The van der Waals surface area contributed by atoms with Gasteiger partial charge in [0, 0.05) is 34.6 Å². The van der Waals surface area contributed by atoms with Gasteiger partial charge in [-0.1, -0.05) is 23.4 Å². The second-order valence-corrected chi connectivity index (χ2v) is 8.62. The summed E-state index contributed by atoms with van der Waals surface area (Å²) in [5, 5.41) is 34.8. The molecule has 0 saturated carbocycles. The van der Waals surface area contributed by atoms with Gasteiger partial charge in [-0.3, -0.25) is 9.98 Å². The van der Waals surface area contributed by atoms with Crippen molar-refractivity contribution in [2.24, 2.45) is 15.9 Å². The highest BCUT2D eigenvalue weighted by atomic mass is 35.5. The van der Waals surface area contributed by atoms with Crippen LogP contribution in [0.1, 0.15) is 11.1 Å². The van der Waals surface area contributed by atoms with Crippen molar-refractivity contribution in [2.45, 2.75) is 41.6 Å². The number of aliphatic hydroxyl groups is 3. The van der Waals surface area contributed by atoms with E-state index in [1.54, 1.807) is 6.07 Å². The van der Waals surface area contributed by atoms with Crippen molar-refractivity contribution in [1.82, 2.24) is 4.98 Å². The van der Waals surface area contributed by atoms with E-state index in [0.29, 0.717) is 9.92 Å². The fourth-order valence-electron chi connectivity index (χ4n) is 3.06. The molecule has 172 valence electrons. The Morgan fingerprint density at radius 3 is 2.53 bits per heavy atom. The highest BCUT2D eigenvalue weighted by Gasteiger charge is 2.44. The van der Waals surface area contributed by atoms with Crippen LogP contribution >= 0.6 is 23.4 Å². The van der Waals surface area contributed by atoms with Crippen LogP contribution in [0, 0.1) is 18.6 Å². The molecule has 2 heterocycles. The Morgan fingerprint density at radius 1 is 1.25 bits per heavy atom. The predicted molar refractivity (Wildman–Crippen MR) is 117 cm³/mol. The first-order valence-electron chi connectivity index (χ1n) is 9.42. The van der Waals surface area contributed by atoms with Gasteiger partial charge in [-0.2, -0.15) is 5.10 Å². The maximum Gasteiger partial charge on any atom is 0.136 e. The lowest BCUT2D eigenvalue weighted by molar-refractivity contribution is -0.159. The first kappa shape index (κ1) is 24.5. The number of hydrogen-bond acceptors (Lipinski definition) is 9. The van der Waals surface area contributed by atoms with E-state index in [0.717, 1.165) is 30.1 Å². The molecule has 1 fully saturated rings. The molecule has 1 aromatic carbocycles. The number of rotatable bonds is 6. The van der Waals surface area contributed by atoms with Crippen molar-refractivity contribution in [3.63, 3.8) is 0 Å². The third-order valence-electron chi connectivity index (χ3n) is 4.87. The highest BCUT2D eigenvalue weighted by Crippen LogP contribution is 2.34. The molecule has 12 heteroatoms. The third-order valence-corrected chi connectivity index (χ3v) is 6.19. The van der Waals surface area contributed by atoms with E-state index in [1.807, 2.05) is 0 Å². The minimum absolute atomic E-state index is 0.0301. The van der Waals surface area contributed by atoms with Crippen LogP contribution < -0.4 is 5.84 Å². The van der Waals surface area contributed by atoms with Crippen LogP contribution in [-0.4, -0.2) is 68.6 Å². The number of aliphatic hydroxyl groups excluding tert-OH is 3. The van der Waals surface area contributed by atoms with Crippen LogP contribution in [0.4, 0.5) is 8.78 Å². The molecule has 1 aliphatic heterocycles. The molecule has 5 atom stereocenters. The Balaban J connectivity index is 1.85. The summed E-state index contributed by atoms with van der Waals surface area (Å²) in [6.45, 7) is 0.760. The van der Waals surface area contributed by atoms with Gasteiger partial charge in [-0.15, -0.1) is 0 Å². The van der Waals surface area contributed by atoms with Gasteiger partial charge >= 0.3 is 0 Å². The number of aliphatic imine (C=N–C) groups is 1. The van der Waals surface area contributed by atoms with E-state index in [9.17, 15) is 24.1 Å². The standard InChI is InChI=1S/C20H21ClF2N4O4S/c1-9-13(22)2-10(3-14(9)23)15(27-24)7-26-17-18(29)16(8-28)31-20(19(17)30)32-12-4-11(21)5-25-6-12/h2-7,16-20,28-30H,8,24H2,1H3/t16?,17?,18-,19?,20+/m0/s1. The van der Waals surface area contributed by atoms with Gasteiger partial charge in [0.25, 0.3) is 0 Å². The van der Waals surface area contributed by atoms with Crippen LogP contribution in [0.5, 0.6) is 0 Å². The number of nitrogens with zero attached hydrogens (tertiary/aromatic N) is 3. The van der Waals surface area contributed by atoms with Crippen LogP contribution in [0.2, 0.25) is 5.02 Å². The van der Waals surface area contributed by atoms with Crippen molar-refractivity contribution >= 4 is 35.3 Å². The van der Waals surface area contributed by atoms with Gasteiger partial charge in [0.2, 0.25) is 0 Å². The average molecular weight is 487 g/mol. The molecule has 1 saturated heterocycles. The SMILES string of the molecule is Cc1c(F)cc(C(C=NC2C(O)[C@@H](Sc3cncc(Cl)c3)OC(CO)[C@@H]2O)=NN)cc1F. The molecule has 3 rings (SSSR count). The Morgan fingerprint density at radius 2 is 1.94 bits per heavy atom. The molecule has 32 heavy (non-hydrogen) atoms. The zero-order valence-corrected chi connectivity index (χ0v) is 18.3. The molecule has 0 bridgehead atoms. The molecule has 1 aromatic heterocycles. The summed E-state index contributed by atoms with van der Waals surface area (Å²) in [5.41, 5.74) is -1.12. The monoisotopic (exact) mass is 486 g/mol. The normalized spacial score (nSPS) is 26.6. The van der Waals surface area contributed by atoms with Crippen molar-refractivity contribution < 1.29 is 28.8 Å². The molecule has 0 aliphatic carbocycles. The molecule has 5 N–H and O–H groups in total. The molecule has 1 aliphatic rings. The Kier molecular flexibility index (Phi) is 8.15. The largest absolute Gasteiger partial charge is 0.394 e. The number of thioether (sulfide) groups is 1. The summed E-state index contributed by atoms with van der Waals surface area (Å²) in [5.74, 6) is 3.79. The molecular weight excluding hydrogens is 466 g/mol. The Labute approximate surface area is 191 Å². The number of aromatic nitrogens is 1. The van der Waals surface area contributed by atoms with Gasteiger partial charge in [0.1, 0.15) is 47.1 Å². The van der Waals surface area contributed by atoms with Crippen molar-refractivity contribution in [3.8, 4) is 0 Å². The van der Waals surface area contributed by atoms with Crippen molar-refractivity contribution in [3.05, 3.63) is 58.4 Å². The number of nitrogens with two attached hydrogens (primary N) is 1. The van der Waals surface area contributed by atoms with E-state index in [2.05, 4.69) is 15.1 Å². The molecule has 2 aromatic rings. The zero-order valence-electron chi connectivity index (χ0n) is 16.8. The minimum Gasteiger partial charge on any atom is -0.394 e. The smallest absolute Gasteiger partial charge is 0.136 e. The summed E-state index contributed by atoms with van der Waals surface area (Å²) >= 11 is 7.02. The fourth-order valence-corrected chi connectivity index (χ4v) is 4.39. The van der Waals surface area contributed by atoms with E-state index >= 15 is 0 Å². The number of hydrogen-bond donors (Lipinski definition) is 4. The summed E-state index contributed by atoms with van der Waals surface area (Å²) in [4.78, 5) is 8.71. The second-order valence-electron chi connectivity index (χ2n) is 7.01. The third kappa shape index (κ3) is 5.42. The summed E-state index contributed by atoms with van der Waals surface area (Å²) in [6.07, 6.45) is 0.330. The molecular formula is C20H21ClF2N4O4S. The van der Waals surface area contributed by atoms with Gasteiger partial charge in [-0.05, 0) is 25.1 Å². The number of ether oxygens (including phenoxy) is 1. The van der Waals surface area contributed by atoms with Crippen LogP contribution in [0.25, 0.3) is 0 Å². The molecule has 0 radical (unpaired) electrons. The zero-order chi connectivity index (χ0) is 23.4. The lowest BCUT2D eigenvalue weighted by atomic mass is 9.97. The average Bonchev–Trinajstić information content (AvgIpc) is 2.76. The summed E-state index contributed by atoms with van der Waals surface area (Å²) in [6, 6.07) is 2.57. The van der Waals surface area contributed by atoms with E-state index in [4.69, 9.17) is 22.2 Å². The Bertz CT molecular complexity index is 1010. The first-order valence-corrected chi connectivity index (χ1v) is 10.7. The fraction of sp³-hybridized carbons (Fsp3) is 0.350. The number of pyridine rings is 1. The van der Waals surface area contributed by atoms with Gasteiger partial charge in [-0.25, -0.2) is 8.78 Å². The Hall–Kier alpha value is -2.15. The van der Waals surface area contributed by atoms with Crippen LogP contribution in [0.3, 0.4) is 0 Å². The van der Waals surface area contributed by atoms with Crippen molar-refractivity contribution in [2.75, 3.05) is 6.61 Å². The topological polar surface area (TPSA) is 134 Å². The van der Waals surface area contributed by atoms with Crippen molar-refractivity contribution in [1.29, 1.82) is 0 Å². The predicted octanol–water partition coefficient (Wildman–Crippen LogP) is 1.66.